The van der Waals surface area contributed by atoms with Crippen LogP contribution in [0.15, 0.2) is 24.7 Å². The lowest BCUT2D eigenvalue weighted by Crippen LogP contribution is -1.69. The molecule has 0 radical (unpaired) electrons. The van der Waals surface area contributed by atoms with Crippen LogP contribution in [0.3, 0.4) is 0 Å². The quantitative estimate of drug-likeness (QED) is 0.562. The van der Waals surface area contributed by atoms with Gasteiger partial charge in [-0.1, -0.05) is 0 Å². The molecular formula is C7H7N3O2. The summed E-state index contributed by atoms with van der Waals surface area (Å²) in [5.74, 6) is 0. The van der Waals surface area contributed by atoms with Crippen molar-refractivity contribution in [3.8, 4) is 0 Å². The fourth-order valence-corrected chi connectivity index (χ4v) is 0.783. The Bertz CT molecular complexity index is 328. The Balaban J connectivity index is 0.000000213. The summed E-state index contributed by atoms with van der Waals surface area (Å²) in [5, 5.41) is 14.6. The Labute approximate surface area is 68.1 Å². The Morgan fingerprint density at radius 1 is 1.50 bits per heavy atom. The number of rotatable bonds is 0. The summed E-state index contributed by atoms with van der Waals surface area (Å²) in [6.07, 6.45) is 5.28. The van der Waals surface area contributed by atoms with Gasteiger partial charge in [0.05, 0.1) is 17.9 Å². The van der Waals surface area contributed by atoms with Gasteiger partial charge in [0.25, 0.3) is 6.47 Å². The third-order valence-corrected chi connectivity index (χ3v) is 1.24. The molecule has 0 fully saturated rings. The van der Waals surface area contributed by atoms with Crippen molar-refractivity contribution in [2.75, 3.05) is 0 Å². The van der Waals surface area contributed by atoms with Crippen LogP contribution in [0.2, 0.25) is 0 Å². The second kappa shape index (κ2) is 4.07. The van der Waals surface area contributed by atoms with E-state index in [2.05, 4.69) is 15.2 Å². The molecule has 0 saturated carbocycles. The summed E-state index contributed by atoms with van der Waals surface area (Å²) in [5.41, 5.74) is 0.984. The van der Waals surface area contributed by atoms with Crippen LogP contribution < -0.4 is 0 Å². The third-order valence-electron chi connectivity index (χ3n) is 1.24. The number of hydrogen-bond acceptors (Lipinski definition) is 3. The van der Waals surface area contributed by atoms with Crippen LogP contribution in [-0.2, 0) is 4.79 Å². The van der Waals surface area contributed by atoms with E-state index in [1.165, 1.54) is 0 Å². The third kappa shape index (κ3) is 1.79. The number of H-pyrrole nitrogens is 1. The molecule has 0 aliphatic heterocycles. The molecule has 0 atom stereocenters. The number of nitrogens with zero attached hydrogens (tertiary/aromatic N) is 2. The maximum atomic E-state index is 8.36. The molecule has 2 aromatic heterocycles. The van der Waals surface area contributed by atoms with Crippen LogP contribution in [0.4, 0.5) is 0 Å². The molecule has 0 unspecified atom stereocenters. The number of pyridine rings is 1. The van der Waals surface area contributed by atoms with Gasteiger partial charge in [-0.25, -0.2) is 0 Å². The average molecular weight is 165 g/mol. The van der Waals surface area contributed by atoms with E-state index in [9.17, 15) is 0 Å². The fourth-order valence-electron chi connectivity index (χ4n) is 0.783. The lowest BCUT2D eigenvalue weighted by atomic mass is 10.3. The van der Waals surface area contributed by atoms with Crippen molar-refractivity contribution in [3.05, 3.63) is 24.7 Å². The van der Waals surface area contributed by atoms with Gasteiger partial charge in [-0.05, 0) is 6.07 Å². The largest absolute Gasteiger partial charge is 0.483 e. The summed E-state index contributed by atoms with van der Waals surface area (Å²) >= 11 is 0. The zero-order valence-electron chi connectivity index (χ0n) is 6.14. The molecule has 5 heteroatoms. The maximum absolute atomic E-state index is 8.36. The Morgan fingerprint density at radius 2 is 2.25 bits per heavy atom. The average Bonchev–Trinajstić information content (AvgIpc) is 2.52. The number of carboxylic acid groups (broad SMARTS) is 1. The predicted molar refractivity (Wildman–Crippen MR) is 42.6 cm³/mol. The van der Waals surface area contributed by atoms with E-state index in [4.69, 9.17) is 9.90 Å². The molecule has 62 valence electrons. The monoisotopic (exact) mass is 165 g/mol. The minimum absolute atomic E-state index is 0.250. The molecular weight excluding hydrogens is 158 g/mol. The number of carbonyl (C=O) groups is 1. The lowest BCUT2D eigenvalue weighted by molar-refractivity contribution is -0.122. The molecule has 2 rings (SSSR count). The van der Waals surface area contributed by atoms with Crippen molar-refractivity contribution >= 4 is 17.4 Å². The van der Waals surface area contributed by atoms with Gasteiger partial charge in [-0.15, -0.1) is 0 Å². The molecule has 2 aromatic rings. The van der Waals surface area contributed by atoms with Crippen LogP contribution in [0, 0.1) is 0 Å². The zero-order valence-corrected chi connectivity index (χ0v) is 6.14. The van der Waals surface area contributed by atoms with Crippen LogP contribution in [-0.4, -0.2) is 26.8 Å². The Hall–Kier alpha value is -1.91. The first-order chi connectivity index (χ1) is 5.88. The fraction of sp³-hybridized carbons (Fsp3) is 0. The topological polar surface area (TPSA) is 78.9 Å². The lowest BCUT2D eigenvalue weighted by Gasteiger charge is -1.80. The summed E-state index contributed by atoms with van der Waals surface area (Å²) in [6, 6.07) is 1.92. The van der Waals surface area contributed by atoms with Crippen LogP contribution in [0.25, 0.3) is 10.9 Å². The van der Waals surface area contributed by atoms with E-state index in [0.29, 0.717) is 0 Å². The molecule has 5 nitrogen and oxygen atoms in total. The van der Waals surface area contributed by atoms with Crippen molar-refractivity contribution < 1.29 is 9.90 Å². The van der Waals surface area contributed by atoms with Crippen LogP contribution in [0.1, 0.15) is 0 Å². The Kier molecular flexibility index (Phi) is 2.78. The molecule has 0 aliphatic rings. The summed E-state index contributed by atoms with van der Waals surface area (Å²) in [4.78, 5) is 12.3. The molecule has 0 aliphatic carbocycles. The molecule has 0 aromatic carbocycles. The van der Waals surface area contributed by atoms with Crippen molar-refractivity contribution in [2.45, 2.75) is 0 Å². The molecule has 0 saturated heterocycles. The van der Waals surface area contributed by atoms with E-state index in [1.807, 2.05) is 6.07 Å². The number of aromatic nitrogens is 3. The van der Waals surface area contributed by atoms with E-state index in [-0.39, 0.29) is 6.47 Å². The smallest absolute Gasteiger partial charge is 0.290 e. The first kappa shape index (κ1) is 8.19. The number of hydrogen-bond donors (Lipinski definition) is 2. The first-order valence-corrected chi connectivity index (χ1v) is 3.19. The van der Waals surface area contributed by atoms with Crippen molar-refractivity contribution in [1.82, 2.24) is 15.2 Å². The van der Waals surface area contributed by atoms with Crippen molar-refractivity contribution in [2.24, 2.45) is 0 Å². The van der Waals surface area contributed by atoms with Gasteiger partial charge in [0.2, 0.25) is 0 Å². The van der Waals surface area contributed by atoms with Gasteiger partial charge in [0.1, 0.15) is 0 Å². The molecule has 0 amide bonds. The Morgan fingerprint density at radius 3 is 2.92 bits per heavy atom. The molecule has 2 heterocycles. The highest BCUT2D eigenvalue weighted by Gasteiger charge is 1.89. The molecule has 2 N–H and O–H groups in total. The minimum Gasteiger partial charge on any atom is -0.483 e. The first-order valence-electron chi connectivity index (χ1n) is 3.19. The molecule has 0 spiro atoms. The van der Waals surface area contributed by atoms with Crippen LogP contribution >= 0.6 is 0 Å². The highest BCUT2D eigenvalue weighted by atomic mass is 16.3. The zero-order chi connectivity index (χ0) is 8.81. The number of fused-ring (bicyclic) bond motifs is 1. The van der Waals surface area contributed by atoms with Gasteiger partial charge in [0, 0.05) is 11.6 Å². The summed E-state index contributed by atoms with van der Waals surface area (Å²) in [6.45, 7) is -0.250. The minimum atomic E-state index is -0.250. The number of nitrogens with one attached hydrogen (secondary N) is 1. The molecule has 12 heavy (non-hydrogen) atoms. The second-order valence-electron chi connectivity index (χ2n) is 1.94. The normalized spacial score (nSPS) is 8.67. The SMILES string of the molecule is O=CO.c1cc2cn[nH]c2cn1. The second-order valence-corrected chi connectivity index (χ2v) is 1.94. The van der Waals surface area contributed by atoms with E-state index in [0.717, 1.165) is 10.9 Å². The van der Waals surface area contributed by atoms with Gasteiger partial charge in [-0.3, -0.25) is 14.9 Å². The molecule has 0 bridgehead atoms. The predicted octanol–water partition coefficient (Wildman–Crippen LogP) is 0.659. The van der Waals surface area contributed by atoms with Gasteiger partial charge < -0.3 is 5.11 Å². The summed E-state index contributed by atoms with van der Waals surface area (Å²) in [7, 11) is 0. The number of aromatic amines is 1. The maximum Gasteiger partial charge on any atom is 0.290 e. The van der Waals surface area contributed by atoms with Gasteiger partial charge in [-0.2, -0.15) is 5.10 Å². The summed E-state index contributed by atoms with van der Waals surface area (Å²) < 4.78 is 0. The van der Waals surface area contributed by atoms with Gasteiger partial charge >= 0.3 is 0 Å². The van der Waals surface area contributed by atoms with E-state index < -0.39 is 0 Å². The van der Waals surface area contributed by atoms with Crippen LogP contribution in [0.5, 0.6) is 0 Å². The van der Waals surface area contributed by atoms with Crippen molar-refractivity contribution in [1.29, 1.82) is 0 Å². The standard InChI is InChI=1S/C6H5N3.CH2O2/c1-2-7-4-6-5(1)3-8-9-6;2-1-3/h1-4H,(H,8,9);1H,(H,2,3). The van der Waals surface area contributed by atoms with Crippen molar-refractivity contribution in [3.63, 3.8) is 0 Å². The highest BCUT2D eigenvalue weighted by Crippen LogP contribution is 2.04. The highest BCUT2D eigenvalue weighted by molar-refractivity contribution is 5.76. The van der Waals surface area contributed by atoms with Gasteiger partial charge in [0.15, 0.2) is 0 Å². The van der Waals surface area contributed by atoms with E-state index in [1.54, 1.807) is 18.6 Å². The van der Waals surface area contributed by atoms with E-state index >= 15 is 0 Å².